The number of carboxylic acid groups (broad SMARTS) is 1. The van der Waals surface area contributed by atoms with Crippen LogP contribution in [0.5, 0.6) is 0 Å². The number of quaternary nitrogens is 1. The van der Waals surface area contributed by atoms with Crippen LogP contribution in [0.25, 0.3) is 0 Å². The minimum atomic E-state index is -0.500. The molecular formula is C10H23NO2. The van der Waals surface area contributed by atoms with Gasteiger partial charge in [0, 0.05) is 6.47 Å². The Morgan fingerprint density at radius 2 is 1.62 bits per heavy atom. The molecule has 13 heavy (non-hydrogen) atoms. The van der Waals surface area contributed by atoms with Crippen molar-refractivity contribution in [2.75, 3.05) is 27.7 Å². The van der Waals surface area contributed by atoms with E-state index in [0.29, 0.717) is 0 Å². The monoisotopic (exact) mass is 189 g/mol. The quantitative estimate of drug-likeness (QED) is 0.362. The van der Waals surface area contributed by atoms with Crippen LogP contribution in [-0.2, 0) is 4.79 Å². The summed E-state index contributed by atoms with van der Waals surface area (Å²) in [6.07, 6.45) is 5.54. The first-order valence-electron chi connectivity index (χ1n) is 4.84. The van der Waals surface area contributed by atoms with Crippen molar-refractivity contribution in [1.29, 1.82) is 0 Å². The lowest BCUT2D eigenvalue weighted by Gasteiger charge is -2.23. The van der Waals surface area contributed by atoms with Gasteiger partial charge >= 0.3 is 0 Å². The second-order valence-corrected chi connectivity index (χ2v) is 4.17. The average Bonchev–Trinajstić information content (AvgIpc) is 1.98. The highest BCUT2D eigenvalue weighted by atomic mass is 16.3. The van der Waals surface area contributed by atoms with Gasteiger partial charge in [0.2, 0.25) is 0 Å². The number of carbonyl (C=O) groups is 1. The maximum Gasteiger partial charge on any atom is 0.0780 e. The summed E-state index contributed by atoms with van der Waals surface area (Å²) in [5.41, 5.74) is 0. The fraction of sp³-hybridized carbons (Fsp3) is 0.900. The second kappa shape index (κ2) is 9.52. The van der Waals surface area contributed by atoms with E-state index in [-0.39, 0.29) is 0 Å². The van der Waals surface area contributed by atoms with E-state index in [4.69, 9.17) is 9.90 Å². The molecule has 0 N–H and O–H groups in total. The van der Waals surface area contributed by atoms with Crippen molar-refractivity contribution in [2.45, 2.75) is 32.6 Å². The molecule has 0 bridgehead atoms. The van der Waals surface area contributed by atoms with Gasteiger partial charge < -0.3 is 14.4 Å². The molecule has 0 aliphatic rings. The van der Waals surface area contributed by atoms with Crippen molar-refractivity contribution in [2.24, 2.45) is 0 Å². The van der Waals surface area contributed by atoms with E-state index in [9.17, 15) is 0 Å². The smallest absolute Gasteiger partial charge is 0.0780 e. The predicted octanol–water partition coefficient (Wildman–Crippen LogP) is 0.639. The minimum absolute atomic E-state index is 0.500. The summed E-state index contributed by atoms with van der Waals surface area (Å²) in [6.45, 7) is 3.08. The number of rotatable bonds is 5. The number of unbranched alkanes of at least 4 members (excludes halogenated alkanes) is 3. The van der Waals surface area contributed by atoms with Crippen LogP contribution in [0.2, 0.25) is 0 Å². The van der Waals surface area contributed by atoms with E-state index < -0.39 is 6.47 Å². The molecule has 0 radical (unpaired) electrons. The molecule has 80 valence electrons. The van der Waals surface area contributed by atoms with Gasteiger partial charge in [0.05, 0.1) is 27.7 Å². The van der Waals surface area contributed by atoms with Gasteiger partial charge in [-0.25, -0.2) is 0 Å². The molecule has 0 aromatic rings. The van der Waals surface area contributed by atoms with Gasteiger partial charge in [0.1, 0.15) is 0 Å². The maximum atomic E-state index is 8.25. The van der Waals surface area contributed by atoms with Crippen molar-refractivity contribution in [3.8, 4) is 0 Å². The Bertz CT molecular complexity index is 108. The van der Waals surface area contributed by atoms with Crippen LogP contribution in [0.3, 0.4) is 0 Å². The van der Waals surface area contributed by atoms with Crippen molar-refractivity contribution in [3.05, 3.63) is 0 Å². The van der Waals surface area contributed by atoms with E-state index >= 15 is 0 Å². The molecule has 0 spiro atoms. The Kier molecular flexibility index (Phi) is 10.9. The van der Waals surface area contributed by atoms with Gasteiger partial charge in [-0.05, 0) is 12.8 Å². The van der Waals surface area contributed by atoms with Gasteiger partial charge in [-0.2, -0.15) is 0 Å². The summed E-state index contributed by atoms with van der Waals surface area (Å²) < 4.78 is 1.11. The molecule has 0 atom stereocenters. The number of hydrogen-bond acceptors (Lipinski definition) is 2. The third-order valence-electron chi connectivity index (χ3n) is 1.68. The fourth-order valence-electron chi connectivity index (χ4n) is 1.01. The third kappa shape index (κ3) is 24.6. The summed E-state index contributed by atoms with van der Waals surface area (Å²) in [5.74, 6) is 0. The molecule has 0 rings (SSSR count). The Morgan fingerprint density at radius 3 is 1.92 bits per heavy atom. The van der Waals surface area contributed by atoms with E-state index in [1.165, 1.54) is 32.2 Å². The summed E-state index contributed by atoms with van der Waals surface area (Å²) in [4.78, 5) is 8.25. The lowest BCUT2D eigenvalue weighted by atomic mass is 10.2. The molecule has 0 aromatic carbocycles. The van der Waals surface area contributed by atoms with Crippen molar-refractivity contribution in [1.82, 2.24) is 0 Å². The zero-order valence-corrected chi connectivity index (χ0v) is 9.38. The highest BCUT2D eigenvalue weighted by Crippen LogP contribution is 2.01. The van der Waals surface area contributed by atoms with E-state index in [0.717, 1.165) is 4.48 Å². The van der Waals surface area contributed by atoms with E-state index in [1.54, 1.807) is 0 Å². The highest BCUT2D eigenvalue weighted by molar-refractivity contribution is 5.29. The molecule has 0 fully saturated rings. The predicted molar refractivity (Wildman–Crippen MR) is 53.1 cm³/mol. The van der Waals surface area contributed by atoms with Gasteiger partial charge in [-0.3, -0.25) is 0 Å². The fourth-order valence-corrected chi connectivity index (χ4v) is 1.01. The molecular weight excluding hydrogens is 166 g/mol. The normalized spacial score (nSPS) is 10.2. The van der Waals surface area contributed by atoms with Gasteiger partial charge in [-0.1, -0.05) is 19.8 Å². The Labute approximate surface area is 82.0 Å². The van der Waals surface area contributed by atoms with Crippen molar-refractivity contribution >= 4 is 6.47 Å². The largest absolute Gasteiger partial charge is 0.554 e. The Hall–Kier alpha value is -0.570. The van der Waals surface area contributed by atoms with Crippen LogP contribution >= 0.6 is 0 Å². The molecule has 0 aromatic heterocycles. The third-order valence-corrected chi connectivity index (χ3v) is 1.68. The molecule has 3 heteroatoms. The number of hydrogen-bond donors (Lipinski definition) is 0. The van der Waals surface area contributed by atoms with Crippen LogP contribution in [-0.4, -0.2) is 38.6 Å². The standard InChI is InChI=1S/C9H22N.CH2O2/c1-5-6-7-8-9-10(2,3)4;2-1-3/h5-9H2,1-4H3;1H,(H,2,3)/q+1;/p-1. The Balaban J connectivity index is 0. The van der Waals surface area contributed by atoms with Crippen LogP contribution in [0.15, 0.2) is 0 Å². The first-order valence-corrected chi connectivity index (χ1v) is 4.84. The summed E-state index contributed by atoms with van der Waals surface area (Å²) in [5, 5.41) is 8.25. The molecule has 3 nitrogen and oxygen atoms in total. The van der Waals surface area contributed by atoms with Crippen molar-refractivity contribution < 1.29 is 14.4 Å². The highest BCUT2D eigenvalue weighted by Gasteiger charge is 2.04. The van der Waals surface area contributed by atoms with Gasteiger partial charge in [-0.15, -0.1) is 0 Å². The topological polar surface area (TPSA) is 40.1 Å². The van der Waals surface area contributed by atoms with Crippen LogP contribution in [0, 0.1) is 0 Å². The summed E-state index contributed by atoms with van der Waals surface area (Å²) in [7, 11) is 6.77. The summed E-state index contributed by atoms with van der Waals surface area (Å²) >= 11 is 0. The average molecular weight is 189 g/mol. The first kappa shape index (κ1) is 14.9. The lowest BCUT2D eigenvalue weighted by molar-refractivity contribution is -0.870. The molecule has 0 aliphatic carbocycles. The lowest BCUT2D eigenvalue weighted by Crippen LogP contribution is -2.35. The first-order chi connectivity index (χ1) is 5.97. The minimum Gasteiger partial charge on any atom is -0.554 e. The second-order valence-electron chi connectivity index (χ2n) is 4.17. The van der Waals surface area contributed by atoms with E-state index in [2.05, 4.69) is 28.1 Å². The van der Waals surface area contributed by atoms with E-state index in [1.807, 2.05) is 0 Å². The van der Waals surface area contributed by atoms with Crippen LogP contribution in [0.4, 0.5) is 0 Å². The van der Waals surface area contributed by atoms with Gasteiger partial charge in [0.25, 0.3) is 0 Å². The zero-order valence-electron chi connectivity index (χ0n) is 9.38. The molecule has 0 heterocycles. The summed E-state index contributed by atoms with van der Waals surface area (Å²) in [6, 6.07) is 0. The van der Waals surface area contributed by atoms with Crippen LogP contribution in [0.1, 0.15) is 32.6 Å². The molecule has 0 saturated heterocycles. The molecule has 0 amide bonds. The molecule has 0 unspecified atom stereocenters. The SMILES string of the molecule is CCCCCC[N+](C)(C)C.O=C[O-]. The van der Waals surface area contributed by atoms with Gasteiger partial charge in [0.15, 0.2) is 0 Å². The number of nitrogens with zero attached hydrogens (tertiary/aromatic N) is 1. The number of carbonyl (C=O) groups excluding carboxylic acids is 1. The Morgan fingerprint density at radius 1 is 1.15 bits per heavy atom. The zero-order chi connectivity index (χ0) is 10.7. The molecule has 0 saturated carbocycles. The van der Waals surface area contributed by atoms with Crippen LogP contribution < -0.4 is 5.11 Å². The molecule has 0 aliphatic heterocycles. The maximum absolute atomic E-state index is 8.25. The van der Waals surface area contributed by atoms with Crippen molar-refractivity contribution in [3.63, 3.8) is 0 Å².